The van der Waals surface area contributed by atoms with Gasteiger partial charge in [0, 0.05) is 22.4 Å². The number of nitrogens with zero attached hydrogens (tertiary/aromatic N) is 2. The van der Waals surface area contributed by atoms with Crippen LogP contribution in [0.2, 0.25) is 0 Å². The highest BCUT2D eigenvalue weighted by Crippen LogP contribution is 2.57. The maximum Gasteiger partial charge on any atom is 0.417 e. The fourth-order valence-electron chi connectivity index (χ4n) is 8.63. The van der Waals surface area contributed by atoms with Gasteiger partial charge in [-0.15, -0.1) is 0 Å². The van der Waals surface area contributed by atoms with E-state index in [2.05, 4.69) is 0 Å². The van der Waals surface area contributed by atoms with Gasteiger partial charge in [0.15, 0.2) is 0 Å². The van der Waals surface area contributed by atoms with E-state index < -0.39 is 133 Å². The third-order valence-electron chi connectivity index (χ3n) is 11.5. The Kier molecular flexibility index (Phi) is 9.62. The van der Waals surface area contributed by atoms with Crippen molar-refractivity contribution in [2.45, 2.75) is 55.9 Å². The molecule has 8 rings (SSSR count). The van der Waals surface area contributed by atoms with Crippen LogP contribution in [0.3, 0.4) is 0 Å². The molecule has 0 saturated heterocycles. The lowest BCUT2D eigenvalue weighted by Crippen LogP contribution is -2.46. The highest BCUT2D eigenvalue weighted by atomic mass is 19.4. The Hall–Kier alpha value is -5.82. The molecule has 2 aliphatic carbocycles. The summed E-state index contributed by atoms with van der Waals surface area (Å²) in [7, 11) is 0. The van der Waals surface area contributed by atoms with Crippen LogP contribution in [0.5, 0.6) is 0 Å². The number of aromatic nitrogens is 1. The second kappa shape index (κ2) is 13.8. The summed E-state index contributed by atoms with van der Waals surface area (Å²) in [6, 6.07) is 7.10. The summed E-state index contributed by atoms with van der Waals surface area (Å²) in [5, 5.41) is -1.11. The van der Waals surface area contributed by atoms with Gasteiger partial charge in [0.2, 0.25) is 0 Å². The molecule has 20 heteroatoms. The number of benzene rings is 4. The van der Waals surface area contributed by atoms with Gasteiger partial charge in [-0.2, -0.15) is 79.0 Å². The number of halogens is 18. The molecular weight excluding hydrogens is 886 g/mol. The smallest absolute Gasteiger partial charge is 0.329 e. The molecule has 0 spiro atoms. The van der Waals surface area contributed by atoms with Gasteiger partial charge in [-0.25, -0.2) is 0 Å². The van der Waals surface area contributed by atoms with E-state index in [1.807, 2.05) is 0 Å². The molecule has 0 N–H and O–H groups in total. The van der Waals surface area contributed by atoms with Gasteiger partial charge in [-0.3, -0.25) is 0 Å². The second-order valence-electron chi connectivity index (χ2n) is 15.4. The first-order chi connectivity index (χ1) is 28.9. The summed E-state index contributed by atoms with van der Waals surface area (Å²) >= 11 is 0. The van der Waals surface area contributed by atoms with Gasteiger partial charge in [-0.1, -0.05) is 36.4 Å². The zero-order valence-corrected chi connectivity index (χ0v) is 31.4. The highest BCUT2D eigenvalue weighted by molar-refractivity contribution is 6.10. The van der Waals surface area contributed by atoms with Crippen molar-refractivity contribution in [1.82, 2.24) is 4.57 Å². The predicted octanol–water partition coefficient (Wildman–Crippen LogP) is 15.2. The average Bonchev–Trinajstić information content (AvgIpc) is 3.62. The number of fused-ring (bicyclic) bond motifs is 5. The van der Waals surface area contributed by atoms with Crippen LogP contribution >= 0.6 is 0 Å². The van der Waals surface area contributed by atoms with E-state index in [4.69, 9.17) is 0 Å². The van der Waals surface area contributed by atoms with Gasteiger partial charge in [0.05, 0.1) is 61.7 Å². The average molecular weight is 911 g/mol. The van der Waals surface area contributed by atoms with Crippen LogP contribution in [0.4, 0.5) is 84.7 Å². The van der Waals surface area contributed by atoms with E-state index in [-0.39, 0.29) is 11.3 Å². The van der Waals surface area contributed by atoms with Crippen molar-refractivity contribution in [2.75, 3.05) is 4.90 Å². The first kappa shape index (κ1) is 43.8. The Bertz CT molecular complexity index is 2750. The summed E-state index contributed by atoms with van der Waals surface area (Å²) in [5.41, 5.74) is -13.4. The zero-order valence-electron chi connectivity index (χ0n) is 31.4. The second-order valence-corrected chi connectivity index (χ2v) is 15.4. The van der Waals surface area contributed by atoms with E-state index in [1.54, 1.807) is 0 Å². The Labute approximate surface area is 342 Å². The van der Waals surface area contributed by atoms with Crippen LogP contribution in [0.15, 0.2) is 120 Å². The molecule has 0 amide bonds. The van der Waals surface area contributed by atoms with Crippen molar-refractivity contribution in [3.05, 3.63) is 142 Å². The first-order valence-corrected chi connectivity index (χ1v) is 18.3. The Morgan fingerprint density at radius 1 is 0.571 bits per heavy atom. The molecule has 63 heavy (non-hydrogen) atoms. The van der Waals surface area contributed by atoms with Crippen molar-refractivity contribution in [1.29, 1.82) is 0 Å². The molecule has 2 heterocycles. The first-order valence-electron chi connectivity index (χ1n) is 18.3. The molecule has 0 radical (unpaired) electrons. The zero-order chi connectivity index (χ0) is 46.2. The topological polar surface area (TPSA) is 8.17 Å². The molecule has 4 aromatic carbocycles. The fourth-order valence-corrected chi connectivity index (χ4v) is 8.63. The molecule has 0 saturated carbocycles. The molecule has 3 aliphatic rings. The van der Waals surface area contributed by atoms with E-state index in [0.717, 1.165) is 45.9 Å². The highest BCUT2D eigenvalue weighted by Gasteiger charge is 2.54. The Balaban J connectivity index is 1.53. The quantitative estimate of drug-likeness (QED) is 0.164. The molecule has 1 aliphatic heterocycles. The number of hydrogen-bond donors (Lipinski definition) is 0. The largest absolute Gasteiger partial charge is 0.417 e. The van der Waals surface area contributed by atoms with Gasteiger partial charge in [0.25, 0.3) is 0 Å². The van der Waals surface area contributed by atoms with Crippen molar-refractivity contribution < 1.29 is 79.0 Å². The lowest BCUT2D eigenvalue weighted by Gasteiger charge is -2.42. The fraction of sp³-hybridized carbons (Fsp3) is 0.256. The number of allylic oxidation sites excluding steroid dienone is 4. The molecule has 3 atom stereocenters. The summed E-state index contributed by atoms with van der Waals surface area (Å²) < 4.78 is 259. The summed E-state index contributed by atoms with van der Waals surface area (Å²) in [6.45, 7) is 1.25. The standard InChI is InChI=1S/C43H24F18N2/c1-37-12-11-25(42(56,57)58)17-30(37)29-16-24(41(53,54)55)7-10-34(29)63(37)36-18-26(20-3-2-4-21(13-20)38(44,45)46)31(43(59,60)61)19-35(36)62-32-8-5-22(39(47,48)49)14-27(32)28-15-23(40(50,51)52)6-9-33(28)62/h2-15,17-19,24,30H,16H2,1H3. The van der Waals surface area contributed by atoms with Crippen molar-refractivity contribution >= 4 is 27.5 Å². The summed E-state index contributed by atoms with van der Waals surface area (Å²) in [6.07, 6.45) is -28.0. The van der Waals surface area contributed by atoms with E-state index in [1.165, 1.54) is 6.92 Å². The predicted molar refractivity (Wildman–Crippen MR) is 194 cm³/mol. The third-order valence-corrected chi connectivity index (χ3v) is 11.5. The molecule has 2 nitrogen and oxygen atoms in total. The van der Waals surface area contributed by atoms with E-state index in [9.17, 15) is 65.9 Å². The van der Waals surface area contributed by atoms with Crippen molar-refractivity contribution in [2.24, 2.45) is 11.8 Å². The van der Waals surface area contributed by atoms with Crippen LogP contribution in [0, 0.1) is 11.8 Å². The number of hydrogen-bond acceptors (Lipinski definition) is 1. The molecule has 332 valence electrons. The van der Waals surface area contributed by atoms with Gasteiger partial charge in [0.1, 0.15) is 0 Å². The van der Waals surface area contributed by atoms with Crippen LogP contribution < -0.4 is 4.90 Å². The van der Waals surface area contributed by atoms with Crippen LogP contribution in [-0.2, 0) is 24.7 Å². The van der Waals surface area contributed by atoms with Gasteiger partial charge >= 0.3 is 37.1 Å². The molecule has 1 aromatic heterocycles. The minimum Gasteiger partial charge on any atom is -0.329 e. The lowest BCUT2D eigenvalue weighted by molar-refractivity contribution is -0.161. The molecule has 3 unspecified atom stereocenters. The van der Waals surface area contributed by atoms with Gasteiger partial charge in [-0.05, 0) is 96.8 Å². The molecule has 5 aromatic rings. The monoisotopic (exact) mass is 910 g/mol. The van der Waals surface area contributed by atoms with E-state index >= 15 is 13.2 Å². The Morgan fingerprint density at radius 2 is 1.13 bits per heavy atom. The summed E-state index contributed by atoms with van der Waals surface area (Å²) in [4.78, 5) is 1.09. The maximum atomic E-state index is 15.4. The molecule has 0 fully saturated rings. The third kappa shape index (κ3) is 7.41. The lowest BCUT2D eigenvalue weighted by atomic mass is 9.75. The Morgan fingerprint density at radius 3 is 1.63 bits per heavy atom. The normalized spacial score (nSPS) is 21.1. The van der Waals surface area contributed by atoms with Crippen LogP contribution in [-0.4, -0.2) is 22.5 Å². The van der Waals surface area contributed by atoms with Crippen molar-refractivity contribution in [3.63, 3.8) is 0 Å². The summed E-state index contributed by atoms with van der Waals surface area (Å²) in [5.74, 6) is -3.86. The molecule has 0 bridgehead atoms. The van der Waals surface area contributed by atoms with E-state index in [0.29, 0.717) is 66.8 Å². The maximum absolute atomic E-state index is 15.4. The van der Waals surface area contributed by atoms with Crippen LogP contribution in [0.1, 0.15) is 35.6 Å². The molecular formula is C43H24F18N2. The minimum absolute atomic E-state index is 0.261. The number of anilines is 1. The SMILES string of the molecule is CC12C=CC(C(F)(F)F)=CC1C1=C(C=CC(C(F)(F)F)C1)N2c1cc(-c2cccc(C(F)(F)F)c2)c(C(F)(F)F)cc1-n1c2ccc(C(F)(F)F)cc2c2cc(C(F)(F)F)ccc21. The minimum atomic E-state index is -5.47. The van der Waals surface area contributed by atoms with Crippen LogP contribution in [0.25, 0.3) is 38.6 Å². The van der Waals surface area contributed by atoms with Crippen molar-refractivity contribution in [3.8, 4) is 16.8 Å². The number of rotatable bonds is 3. The van der Waals surface area contributed by atoms with Gasteiger partial charge < -0.3 is 9.47 Å². The number of alkyl halides is 18.